The molecule has 0 atom stereocenters. The van der Waals surface area contributed by atoms with Gasteiger partial charge in [0.05, 0.1) is 15.1 Å². The Morgan fingerprint density at radius 1 is 1.36 bits per heavy atom. The van der Waals surface area contributed by atoms with Crippen molar-refractivity contribution in [1.29, 1.82) is 0 Å². The predicted octanol–water partition coefficient (Wildman–Crippen LogP) is 4.55. The number of aliphatic carboxylic acids is 1. The molecule has 3 rings (SSSR count). The van der Waals surface area contributed by atoms with Gasteiger partial charge in [0.1, 0.15) is 11.6 Å². The van der Waals surface area contributed by atoms with Crippen LogP contribution in [0.3, 0.4) is 0 Å². The number of hydrogen-bond donors (Lipinski definition) is 2. The van der Waals surface area contributed by atoms with Gasteiger partial charge in [0.15, 0.2) is 11.8 Å². The van der Waals surface area contributed by atoms with Gasteiger partial charge in [-0.3, -0.25) is 4.79 Å². The van der Waals surface area contributed by atoms with Crippen LogP contribution in [0.1, 0.15) is 5.56 Å². The number of carboxylic acids is 1. The minimum atomic E-state index is -1.11. The first-order chi connectivity index (χ1) is 13.3. The number of amides is 1. The SMILES string of the molecule is O=C(O)COc1c(Br)cc(I)cc1C=C1SC(=Nc2ccc(F)cc2)NC1=O. The fourth-order valence-electron chi connectivity index (χ4n) is 2.23. The van der Waals surface area contributed by atoms with Gasteiger partial charge < -0.3 is 15.2 Å². The van der Waals surface area contributed by atoms with Gasteiger partial charge in [-0.2, -0.15) is 0 Å². The Kier molecular flexibility index (Phi) is 6.73. The Hall–Kier alpha value is -1.92. The third-order valence-corrected chi connectivity index (χ3v) is 5.49. The van der Waals surface area contributed by atoms with Crippen LogP contribution in [0, 0.1) is 9.39 Å². The monoisotopic (exact) mass is 576 g/mol. The molecular formula is C18H11BrFIN2O4S. The van der Waals surface area contributed by atoms with Crippen molar-refractivity contribution < 1.29 is 23.8 Å². The molecule has 0 unspecified atom stereocenters. The van der Waals surface area contributed by atoms with Crippen molar-refractivity contribution in [3.63, 3.8) is 0 Å². The summed E-state index contributed by atoms with van der Waals surface area (Å²) in [5.74, 6) is -1.49. The molecular weight excluding hydrogens is 566 g/mol. The summed E-state index contributed by atoms with van der Waals surface area (Å²) in [6, 6.07) is 9.14. The zero-order valence-corrected chi connectivity index (χ0v) is 18.5. The highest BCUT2D eigenvalue weighted by Crippen LogP contribution is 2.36. The third kappa shape index (κ3) is 5.32. The highest BCUT2D eigenvalue weighted by Gasteiger charge is 2.25. The lowest BCUT2D eigenvalue weighted by Crippen LogP contribution is -2.19. The topological polar surface area (TPSA) is 88.0 Å². The second kappa shape index (κ2) is 9.05. The number of carbonyl (C=O) groups is 2. The molecule has 1 amide bonds. The van der Waals surface area contributed by atoms with Crippen LogP contribution in [0.25, 0.3) is 6.08 Å². The van der Waals surface area contributed by atoms with E-state index < -0.39 is 12.6 Å². The van der Waals surface area contributed by atoms with Crippen LogP contribution in [0.5, 0.6) is 5.75 Å². The molecule has 2 aromatic carbocycles. The average molecular weight is 577 g/mol. The van der Waals surface area contributed by atoms with Gasteiger partial charge in [0, 0.05) is 9.13 Å². The van der Waals surface area contributed by atoms with E-state index in [1.807, 2.05) is 0 Å². The van der Waals surface area contributed by atoms with E-state index in [2.05, 4.69) is 48.8 Å². The van der Waals surface area contributed by atoms with Gasteiger partial charge in [0.2, 0.25) is 0 Å². The molecule has 0 bridgehead atoms. The minimum Gasteiger partial charge on any atom is -0.480 e. The van der Waals surface area contributed by atoms with Gasteiger partial charge >= 0.3 is 5.97 Å². The van der Waals surface area contributed by atoms with E-state index in [1.54, 1.807) is 18.2 Å². The van der Waals surface area contributed by atoms with Crippen molar-refractivity contribution in [1.82, 2.24) is 5.32 Å². The standard InChI is InChI=1S/C18H11BrFIN2O4S/c19-13-7-11(21)5-9(16(13)27-8-15(24)25)6-14-17(26)23-18(28-14)22-12-3-1-10(20)2-4-12/h1-7H,8H2,(H,24,25)(H,22,23,26). The van der Waals surface area contributed by atoms with Crippen molar-refractivity contribution in [3.05, 3.63) is 60.7 Å². The number of hydrogen-bond acceptors (Lipinski definition) is 5. The number of halogens is 3. The molecule has 1 fully saturated rings. The largest absolute Gasteiger partial charge is 0.480 e. The average Bonchev–Trinajstić information content (AvgIpc) is 2.95. The normalized spacial score (nSPS) is 16.5. The lowest BCUT2D eigenvalue weighted by Gasteiger charge is -2.10. The summed E-state index contributed by atoms with van der Waals surface area (Å²) in [6.07, 6.45) is 1.61. The highest BCUT2D eigenvalue weighted by atomic mass is 127. The van der Waals surface area contributed by atoms with Crippen molar-refractivity contribution in [3.8, 4) is 5.75 Å². The molecule has 10 heteroatoms. The number of rotatable bonds is 5. The molecule has 144 valence electrons. The van der Waals surface area contributed by atoms with Crippen LogP contribution >= 0.6 is 50.3 Å². The van der Waals surface area contributed by atoms with Crippen LogP contribution in [0.2, 0.25) is 0 Å². The molecule has 2 N–H and O–H groups in total. The number of carboxylic acid groups (broad SMARTS) is 1. The molecule has 0 spiro atoms. The van der Waals surface area contributed by atoms with Crippen LogP contribution in [-0.4, -0.2) is 28.8 Å². The Morgan fingerprint density at radius 3 is 2.75 bits per heavy atom. The minimum absolute atomic E-state index is 0.327. The Labute approximate surface area is 185 Å². The second-order valence-corrected chi connectivity index (χ2v) is 8.58. The van der Waals surface area contributed by atoms with Crippen LogP contribution < -0.4 is 10.1 Å². The van der Waals surface area contributed by atoms with E-state index in [0.29, 0.717) is 31.5 Å². The van der Waals surface area contributed by atoms with E-state index in [9.17, 15) is 14.0 Å². The zero-order chi connectivity index (χ0) is 20.3. The fourth-order valence-corrected chi connectivity index (χ4v) is 4.73. The number of nitrogens with one attached hydrogen (secondary N) is 1. The van der Waals surface area contributed by atoms with Crippen molar-refractivity contribution in [2.45, 2.75) is 0 Å². The molecule has 1 saturated heterocycles. The van der Waals surface area contributed by atoms with E-state index in [1.165, 1.54) is 24.3 Å². The molecule has 0 aliphatic carbocycles. The number of amidine groups is 1. The molecule has 6 nitrogen and oxygen atoms in total. The number of nitrogens with zero attached hydrogens (tertiary/aromatic N) is 1. The number of benzene rings is 2. The lowest BCUT2D eigenvalue weighted by molar-refractivity contribution is -0.139. The predicted molar refractivity (Wildman–Crippen MR) is 117 cm³/mol. The molecule has 1 aliphatic heterocycles. The van der Waals surface area contributed by atoms with Gasteiger partial charge in [-0.25, -0.2) is 14.2 Å². The molecule has 1 heterocycles. The maximum absolute atomic E-state index is 13.0. The van der Waals surface area contributed by atoms with E-state index in [4.69, 9.17) is 9.84 Å². The number of carbonyl (C=O) groups excluding carboxylic acids is 1. The van der Waals surface area contributed by atoms with E-state index in [0.717, 1.165) is 15.3 Å². The summed E-state index contributed by atoms with van der Waals surface area (Å²) in [6.45, 7) is -0.508. The Morgan fingerprint density at radius 2 is 2.07 bits per heavy atom. The summed E-state index contributed by atoms with van der Waals surface area (Å²) >= 11 is 6.60. The van der Waals surface area contributed by atoms with Gasteiger partial charge in [-0.1, -0.05) is 0 Å². The summed E-state index contributed by atoms with van der Waals surface area (Å²) in [5.41, 5.74) is 1.06. The van der Waals surface area contributed by atoms with Crippen LogP contribution in [0.4, 0.5) is 10.1 Å². The molecule has 0 aromatic heterocycles. The molecule has 2 aromatic rings. The Balaban J connectivity index is 1.90. The van der Waals surface area contributed by atoms with Crippen molar-refractivity contribution in [2.24, 2.45) is 4.99 Å². The van der Waals surface area contributed by atoms with Crippen LogP contribution in [-0.2, 0) is 9.59 Å². The smallest absolute Gasteiger partial charge is 0.341 e. The van der Waals surface area contributed by atoms with Gasteiger partial charge in [-0.15, -0.1) is 0 Å². The van der Waals surface area contributed by atoms with Gasteiger partial charge in [-0.05, 0) is 92.8 Å². The first-order valence-corrected chi connectivity index (χ1v) is 10.4. The molecule has 0 saturated carbocycles. The fraction of sp³-hybridized carbons (Fsp3) is 0.0556. The molecule has 0 radical (unpaired) electrons. The summed E-state index contributed by atoms with van der Waals surface area (Å²) in [5, 5.41) is 11.9. The highest BCUT2D eigenvalue weighted by molar-refractivity contribution is 14.1. The second-order valence-electron chi connectivity index (χ2n) is 5.45. The number of ether oxygens (including phenoxy) is 1. The lowest BCUT2D eigenvalue weighted by atomic mass is 10.2. The number of aliphatic imine (C=N–C) groups is 1. The Bertz CT molecular complexity index is 1010. The van der Waals surface area contributed by atoms with Crippen molar-refractivity contribution in [2.75, 3.05) is 6.61 Å². The summed E-state index contributed by atoms with van der Waals surface area (Å²) in [4.78, 5) is 27.8. The maximum atomic E-state index is 13.0. The van der Waals surface area contributed by atoms with Gasteiger partial charge in [0.25, 0.3) is 5.91 Å². The van der Waals surface area contributed by atoms with Crippen molar-refractivity contribution >= 4 is 79.1 Å². The quantitative estimate of drug-likeness (QED) is 0.403. The maximum Gasteiger partial charge on any atom is 0.341 e. The summed E-state index contributed by atoms with van der Waals surface area (Å²) < 4.78 is 19.8. The first-order valence-electron chi connectivity index (χ1n) is 7.70. The third-order valence-electron chi connectivity index (χ3n) is 3.37. The first kappa shape index (κ1) is 20.8. The van der Waals surface area contributed by atoms with Crippen LogP contribution in [0.15, 0.2) is 50.8 Å². The van der Waals surface area contributed by atoms with E-state index >= 15 is 0 Å². The van der Waals surface area contributed by atoms with E-state index in [-0.39, 0.29) is 11.7 Å². The number of thioether (sulfide) groups is 1. The molecule has 28 heavy (non-hydrogen) atoms. The zero-order valence-electron chi connectivity index (χ0n) is 13.9. The molecule has 1 aliphatic rings. The summed E-state index contributed by atoms with van der Waals surface area (Å²) in [7, 11) is 0.